The van der Waals surface area contributed by atoms with Crippen LogP contribution < -0.4 is 9.62 Å². The van der Waals surface area contributed by atoms with Crippen LogP contribution in [0.25, 0.3) is 0 Å². The number of nitrogens with zero attached hydrogens (tertiary/aromatic N) is 2. The summed E-state index contributed by atoms with van der Waals surface area (Å²) < 4.78 is 41.4. The molecule has 42 heavy (non-hydrogen) atoms. The van der Waals surface area contributed by atoms with Gasteiger partial charge in [-0.2, -0.15) is 0 Å². The fraction of sp³-hybridized carbons (Fsp3) is 0.375. The summed E-state index contributed by atoms with van der Waals surface area (Å²) >= 11 is 6.25. The Morgan fingerprint density at radius 3 is 2.29 bits per heavy atom. The number of carbonyl (C=O) groups is 2. The Morgan fingerprint density at radius 1 is 0.976 bits per heavy atom. The minimum atomic E-state index is -3.68. The summed E-state index contributed by atoms with van der Waals surface area (Å²) in [6.07, 6.45) is 1.47. The third-order valence-corrected chi connectivity index (χ3v) is 8.50. The summed E-state index contributed by atoms with van der Waals surface area (Å²) in [6, 6.07) is 19.6. The molecule has 0 saturated heterocycles. The van der Waals surface area contributed by atoms with E-state index in [4.69, 9.17) is 11.6 Å². The van der Waals surface area contributed by atoms with Crippen LogP contribution >= 0.6 is 11.6 Å². The Labute approximate surface area is 253 Å². The molecule has 0 aliphatic carbocycles. The summed E-state index contributed by atoms with van der Waals surface area (Å²) in [6.45, 7) is 6.03. The lowest BCUT2D eigenvalue weighted by Gasteiger charge is -2.32. The van der Waals surface area contributed by atoms with E-state index >= 15 is 0 Å². The van der Waals surface area contributed by atoms with Crippen molar-refractivity contribution in [3.63, 3.8) is 0 Å². The molecule has 0 unspecified atom stereocenters. The first-order chi connectivity index (χ1) is 19.9. The van der Waals surface area contributed by atoms with Crippen molar-refractivity contribution < 1.29 is 22.4 Å². The number of hydrogen-bond donors (Lipinski definition) is 1. The fourth-order valence-corrected chi connectivity index (χ4v) is 5.82. The van der Waals surface area contributed by atoms with Crippen LogP contribution in [0.3, 0.4) is 0 Å². The average molecular weight is 616 g/mol. The maximum Gasteiger partial charge on any atom is 0.243 e. The minimum absolute atomic E-state index is 0.0300. The highest BCUT2D eigenvalue weighted by Gasteiger charge is 2.31. The summed E-state index contributed by atoms with van der Waals surface area (Å²) in [4.78, 5) is 28.8. The average Bonchev–Trinajstić information content (AvgIpc) is 2.94. The van der Waals surface area contributed by atoms with E-state index in [0.29, 0.717) is 22.8 Å². The van der Waals surface area contributed by atoms with Crippen molar-refractivity contribution >= 4 is 39.1 Å². The van der Waals surface area contributed by atoms with Crippen molar-refractivity contribution in [2.75, 3.05) is 23.7 Å². The summed E-state index contributed by atoms with van der Waals surface area (Å²) in [5, 5.41) is 3.37. The molecule has 3 aromatic carbocycles. The zero-order valence-corrected chi connectivity index (χ0v) is 26.1. The molecular weight excluding hydrogens is 577 g/mol. The normalized spacial score (nSPS) is 12.2. The van der Waals surface area contributed by atoms with E-state index in [1.54, 1.807) is 43.3 Å². The van der Waals surface area contributed by atoms with Crippen LogP contribution in [0.1, 0.15) is 43.4 Å². The highest BCUT2D eigenvalue weighted by molar-refractivity contribution is 7.92. The van der Waals surface area contributed by atoms with E-state index in [1.165, 1.54) is 15.3 Å². The molecular formula is C32H39ClFN3O4S. The first-order valence-electron chi connectivity index (χ1n) is 14.0. The van der Waals surface area contributed by atoms with Gasteiger partial charge < -0.3 is 10.2 Å². The standard InChI is InChI=1S/C32H39ClFN3O4S/c1-23(2)21-35-32(39)30(20-25-12-6-5-7-13-25)36(22-26-14-8-9-16-28(26)34)31(38)18-11-19-37(42(4,40)41)29-17-10-15-27(33)24(29)3/h5-10,12-17,23,30H,11,18-22H2,1-4H3,(H,35,39)/t30-/m0/s1. The van der Waals surface area contributed by atoms with Gasteiger partial charge in [-0.05, 0) is 48.6 Å². The van der Waals surface area contributed by atoms with Crippen molar-refractivity contribution in [2.24, 2.45) is 5.92 Å². The van der Waals surface area contributed by atoms with Gasteiger partial charge in [0.1, 0.15) is 11.9 Å². The van der Waals surface area contributed by atoms with Gasteiger partial charge in [-0.15, -0.1) is 0 Å². The predicted octanol–water partition coefficient (Wildman–Crippen LogP) is 5.75. The quantitative estimate of drug-likeness (QED) is 0.250. The number of benzene rings is 3. The van der Waals surface area contributed by atoms with Crippen LogP contribution in [0.4, 0.5) is 10.1 Å². The van der Waals surface area contributed by atoms with Gasteiger partial charge in [0.05, 0.1) is 11.9 Å². The van der Waals surface area contributed by atoms with Gasteiger partial charge in [0.2, 0.25) is 21.8 Å². The van der Waals surface area contributed by atoms with Crippen LogP contribution in [-0.2, 0) is 32.6 Å². The van der Waals surface area contributed by atoms with Crippen molar-refractivity contribution in [2.45, 2.75) is 52.6 Å². The van der Waals surface area contributed by atoms with Gasteiger partial charge in [-0.1, -0.05) is 80.0 Å². The second kappa shape index (κ2) is 15.2. The Kier molecular flexibility index (Phi) is 11.9. The van der Waals surface area contributed by atoms with Crippen molar-refractivity contribution in [1.82, 2.24) is 10.2 Å². The van der Waals surface area contributed by atoms with Crippen molar-refractivity contribution in [3.8, 4) is 0 Å². The number of nitrogens with one attached hydrogen (secondary N) is 1. The largest absolute Gasteiger partial charge is 0.354 e. The highest BCUT2D eigenvalue weighted by atomic mass is 35.5. The molecule has 3 aromatic rings. The van der Waals surface area contributed by atoms with Crippen LogP contribution in [0.15, 0.2) is 72.8 Å². The third kappa shape index (κ3) is 9.29. The monoisotopic (exact) mass is 615 g/mol. The number of anilines is 1. The van der Waals surface area contributed by atoms with E-state index in [0.717, 1.165) is 11.8 Å². The maximum atomic E-state index is 14.8. The molecule has 0 saturated carbocycles. The zero-order chi connectivity index (χ0) is 30.9. The predicted molar refractivity (Wildman–Crippen MR) is 166 cm³/mol. The smallest absolute Gasteiger partial charge is 0.243 e. The molecule has 1 N–H and O–H groups in total. The SMILES string of the molecule is Cc1c(Cl)cccc1N(CCCC(=O)N(Cc1ccccc1F)[C@@H](Cc1ccccc1)C(=O)NCC(C)C)S(C)(=O)=O. The van der Waals surface area contributed by atoms with Gasteiger partial charge in [-0.3, -0.25) is 13.9 Å². The number of rotatable bonds is 14. The molecule has 0 fully saturated rings. The van der Waals surface area contributed by atoms with Crippen LogP contribution in [-0.4, -0.2) is 50.5 Å². The van der Waals surface area contributed by atoms with Crippen molar-refractivity contribution in [3.05, 3.63) is 100 Å². The lowest BCUT2D eigenvalue weighted by molar-refractivity contribution is -0.141. The Morgan fingerprint density at radius 2 is 1.64 bits per heavy atom. The third-order valence-electron chi connectivity index (χ3n) is 6.91. The molecule has 0 aliphatic rings. The van der Waals surface area contributed by atoms with Gasteiger partial charge in [0, 0.05) is 43.1 Å². The Balaban J connectivity index is 1.91. The lowest BCUT2D eigenvalue weighted by Crippen LogP contribution is -2.51. The van der Waals surface area contributed by atoms with Gasteiger partial charge in [-0.25, -0.2) is 12.8 Å². The van der Waals surface area contributed by atoms with Gasteiger partial charge >= 0.3 is 0 Å². The molecule has 10 heteroatoms. The molecule has 0 aromatic heterocycles. The summed E-state index contributed by atoms with van der Waals surface area (Å²) in [7, 11) is -3.68. The highest BCUT2D eigenvalue weighted by Crippen LogP contribution is 2.28. The first kappa shape index (κ1) is 33.1. The molecule has 0 heterocycles. The molecule has 0 radical (unpaired) electrons. The molecule has 3 rings (SSSR count). The van der Waals surface area contributed by atoms with E-state index in [2.05, 4.69) is 5.32 Å². The number of halogens is 2. The van der Waals surface area contributed by atoms with E-state index < -0.39 is 21.9 Å². The van der Waals surface area contributed by atoms with E-state index in [1.807, 2.05) is 44.2 Å². The fourth-order valence-electron chi connectivity index (χ4n) is 4.64. The number of hydrogen-bond acceptors (Lipinski definition) is 4. The van der Waals surface area contributed by atoms with Crippen LogP contribution in [0.2, 0.25) is 5.02 Å². The summed E-state index contributed by atoms with van der Waals surface area (Å²) in [5.41, 5.74) is 2.19. The van der Waals surface area contributed by atoms with Gasteiger partial charge in [0.25, 0.3) is 0 Å². The van der Waals surface area contributed by atoms with Gasteiger partial charge in [0.15, 0.2) is 0 Å². The zero-order valence-electron chi connectivity index (χ0n) is 24.5. The van der Waals surface area contributed by atoms with Crippen molar-refractivity contribution in [1.29, 1.82) is 0 Å². The lowest BCUT2D eigenvalue weighted by atomic mass is 10.0. The number of carbonyl (C=O) groups excluding carboxylic acids is 2. The molecule has 1 atom stereocenters. The topological polar surface area (TPSA) is 86.8 Å². The molecule has 0 aliphatic heterocycles. The minimum Gasteiger partial charge on any atom is -0.354 e. The van der Waals surface area contributed by atoms with E-state index in [-0.39, 0.29) is 55.6 Å². The van der Waals surface area contributed by atoms with E-state index in [9.17, 15) is 22.4 Å². The number of sulfonamides is 1. The first-order valence-corrected chi connectivity index (χ1v) is 16.2. The van der Waals surface area contributed by atoms with Crippen LogP contribution in [0.5, 0.6) is 0 Å². The molecule has 0 spiro atoms. The summed E-state index contributed by atoms with van der Waals surface area (Å²) in [5.74, 6) is -0.991. The molecule has 7 nitrogen and oxygen atoms in total. The maximum absolute atomic E-state index is 14.8. The number of amides is 2. The molecule has 0 bridgehead atoms. The second-order valence-corrected chi connectivity index (χ2v) is 13.1. The molecule has 2 amide bonds. The molecule has 226 valence electrons. The Hall–Kier alpha value is -3.43. The second-order valence-electron chi connectivity index (χ2n) is 10.8. The van der Waals surface area contributed by atoms with Crippen LogP contribution in [0, 0.1) is 18.7 Å². The Bertz CT molecular complexity index is 1470.